The molecule has 2 aromatic rings. The summed E-state index contributed by atoms with van der Waals surface area (Å²) in [6.07, 6.45) is 1.55. The molecule has 1 aromatic carbocycles. The van der Waals surface area contributed by atoms with Crippen LogP contribution >= 0.6 is 0 Å². The van der Waals surface area contributed by atoms with Crippen molar-refractivity contribution in [3.8, 4) is 11.3 Å². The Hall–Kier alpha value is -1.74. The molecule has 2 nitrogen and oxygen atoms in total. The van der Waals surface area contributed by atoms with Gasteiger partial charge in [0.1, 0.15) is 5.82 Å². The zero-order chi connectivity index (χ0) is 11.5. The normalized spacial score (nSPS) is 10.4. The molecule has 0 aliphatic heterocycles. The Bertz CT molecular complexity index is 494. The van der Waals surface area contributed by atoms with Gasteiger partial charge in [0, 0.05) is 11.8 Å². The average molecular weight is 217 g/mol. The number of halogens is 1. The summed E-state index contributed by atoms with van der Waals surface area (Å²) in [7, 11) is 0. The zero-order valence-electron chi connectivity index (χ0n) is 8.94. The fraction of sp³-hybridized carbons (Fsp3) is 0.154. The lowest BCUT2D eigenvalue weighted by atomic mass is 10.1. The van der Waals surface area contributed by atoms with Crippen LogP contribution in [0.15, 0.2) is 36.5 Å². The highest BCUT2D eigenvalue weighted by Crippen LogP contribution is 2.21. The van der Waals surface area contributed by atoms with E-state index in [4.69, 9.17) is 5.11 Å². The van der Waals surface area contributed by atoms with Crippen LogP contribution in [0.3, 0.4) is 0 Å². The summed E-state index contributed by atoms with van der Waals surface area (Å²) in [4.78, 5) is 4.11. The van der Waals surface area contributed by atoms with E-state index in [1.807, 2.05) is 13.0 Å². The van der Waals surface area contributed by atoms with Crippen molar-refractivity contribution in [1.29, 1.82) is 0 Å². The molecule has 1 N–H and O–H groups in total. The molecule has 0 aliphatic rings. The Morgan fingerprint density at radius 2 is 2.06 bits per heavy atom. The van der Waals surface area contributed by atoms with Crippen LogP contribution < -0.4 is 0 Å². The minimum absolute atomic E-state index is 0.0519. The molecule has 0 fully saturated rings. The van der Waals surface area contributed by atoms with Crippen molar-refractivity contribution in [2.24, 2.45) is 0 Å². The molecule has 3 heteroatoms. The summed E-state index contributed by atoms with van der Waals surface area (Å²) in [5.74, 6) is -0.274. The molecule has 1 aromatic heterocycles. The second-order valence-electron chi connectivity index (χ2n) is 3.69. The second kappa shape index (κ2) is 4.41. The van der Waals surface area contributed by atoms with Crippen LogP contribution in [0.4, 0.5) is 4.39 Å². The fourth-order valence-electron chi connectivity index (χ4n) is 1.51. The monoisotopic (exact) mass is 217 g/mol. The number of aliphatic hydroxyl groups excluding tert-OH is 1. The summed E-state index contributed by atoms with van der Waals surface area (Å²) in [5.41, 5.74) is 2.66. The topological polar surface area (TPSA) is 33.1 Å². The van der Waals surface area contributed by atoms with Gasteiger partial charge in [0.05, 0.1) is 12.3 Å². The molecule has 82 valence electrons. The van der Waals surface area contributed by atoms with Gasteiger partial charge in [0.25, 0.3) is 0 Å². The van der Waals surface area contributed by atoms with Crippen molar-refractivity contribution in [3.63, 3.8) is 0 Å². The quantitative estimate of drug-likeness (QED) is 0.839. The van der Waals surface area contributed by atoms with E-state index in [9.17, 15) is 4.39 Å². The molecule has 0 aliphatic carbocycles. The summed E-state index contributed by atoms with van der Waals surface area (Å²) in [6, 6.07) is 8.49. The lowest BCUT2D eigenvalue weighted by Gasteiger charge is -2.04. The maximum atomic E-state index is 13.6. The minimum atomic E-state index is -0.274. The number of benzene rings is 1. The molecule has 0 bridgehead atoms. The lowest BCUT2D eigenvalue weighted by molar-refractivity contribution is 0.281. The molecule has 2 rings (SSSR count). The summed E-state index contributed by atoms with van der Waals surface area (Å²) < 4.78 is 13.6. The van der Waals surface area contributed by atoms with Gasteiger partial charge in [0.2, 0.25) is 0 Å². The largest absolute Gasteiger partial charge is 0.392 e. The molecule has 1 heterocycles. The zero-order valence-corrected chi connectivity index (χ0v) is 8.94. The Morgan fingerprint density at radius 3 is 2.62 bits per heavy atom. The third-order valence-corrected chi connectivity index (χ3v) is 2.41. The average Bonchev–Trinajstić information content (AvgIpc) is 2.29. The number of aliphatic hydroxyl groups is 1. The maximum Gasteiger partial charge on any atom is 0.132 e. The number of aryl methyl sites for hydroxylation is 1. The molecule has 0 unspecified atom stereocenters. The van der Waals surface area contributed by atoms with Gasteiger partial charge in [0.15, 0.2) is 0 Å². The molecule has 0 atom stereocenters. The van der Waals surface area contributed by atoms with E-state index in [2.05, 4.69) is 4.98 Å². The first-order valence-electron chi connectivity index (χ1n) is 5.03. The van der Waals surface area contributed by atoms with Crippen molar-refractivity contribution in [3.05, 3.63) is 53.5 Å². The third kappa shape index (κ3) is 2.09. The van der Waals surface area contributed by atoms with E-state index < -0.39 is 0 Å². The number of rotatable bonds is 2. The van der Waals surface area contributed by atoms with Gasteiger partial charge in [-0.05, 0) is 36.2 Å². The maximum absolute atomic E-state index is 13.6. The van der Waals surface area contributed by atoms with Crippen molar-refractivity contribution < 1.29 is 9.50 Å². The van der Waals surface area contributed by atoms with Crippen molar-refractivity contribution >= 4 is 0 Å². The van der Waals surface area contributed by atoms with Gasteiger partial charge in [-0.2, -0.15) is 0 Å². The van der Waals surface area contributed by atoms with Crippen molar-refractivity contribution in [2.75, 3.05) is 0 Å². The van der Waals surface area contributed by atoms with Gasteiger partial charge in [-0.25, -0.2) is 4.39 Å². The molecular formula is C13H12FNO. The molecule has 0 saturated carbocycles. The lowest BCUT2D eigenvalue weighted by Crippen LogP contribution is -1.91. The first-order valence-corrected chi connectivity index (χ1v) is 5.03. The van der Waals surface area contributed by atoms with Gasteiger partial charge in [-0.1, -0.05) is 12.1 Å². The molecule has 0 saturated heterocycles. The first kappa shape index (κ1) is 10.8. The number of nitrogens with zero attached hydrogens (tertiary/aromatic N) is 1. The Labute approximate surface area is 93.4 Å². The summed E-state index contributed by atoms with van der Waals surface area (Å²) in [5, 5.41) is 8.88. The number of pyridine rings is 1. The van der Waals surface area contributed by atoms with Crippen LogP contribution in [0.25, 0.3) is 11.3 Å². The predicted octanol–water partition coefficient (Wildman–Crippen LogP) is 2.69. The van der Waals surface area contributed by atoms with E-state index >= 15 is 0 Å². The highest BCUT2D eigenvalue weighted by molar-refractivity contribution is 5.60. The molecule has 0 radical (unpaired) electrons. The van der Waals surface area contributed by atoms with E-state index in [0.29, 0.717) is 11.3 Å². The SMILES string of the molecule is Cc1ccc(-c2ccc(CO)cn2)c(F)c1. The Kier molecular flexibility index (Phi) is 2.97. The van der Waals surface area contributed by atoms with E-state index in [0.717, 1.165) is 11.1 Å². The number of hydrogen-bond acceptors (Lipinski definition) is 2. The van der Waals surface area contributed by atoms with E-state index in [-0.39, 0.29) is 12.4 Å². The molecular weight excluding hydrogens is 205 g/mol. The third-order valence-electron chi connectivity index (χ3n) is 2.41. The Balaban J connectivity index is 2.42. The summed E-state index contributed by atoms with van der Waals surface area (Å²) >= 11 is 0. The van der Waals surface area contributed by atoms with Crippen LogP contribution in [-0.4, -0.2) is 10.1 Å². The van der Waals surface area contributed by atoms with Crippen LogP contribution in [0.5, 0.6) is 0 Å². The smallest absolute Gasteiger partial charge is 0.132 e. The van der Waals surface area contributed by atoms with Crippen LogP contribution in [-0.2, 0) is 6.61 Å². The van der Waals surface area contributed by atoms with Crippen molar-refractivity contribution in [2.45, 2.75) is 13.5 Å². The van der Waals surface area contributed by atoms with Crippen LogP contribution in [0.1, 0.15) is 11.1 Å². The van der Waals surface area contributed by atoms with Gasteiger partial charge in [-0.3, -0.25) is 4.98 Å². The Morgan fingerprint density at radius 1 is 1.25 bits per heavy atom. The van der Waals surface area contributed by atoms with E-state index in [1.54, 1.807) is 24.4 Å². The predicted molar refractivity (Wildman–Crippen MR) is 60.3 cm³/mol. The summed E-state index contributed by atoms with van der Waals surface area (Å²) in [6.45, 7) is 1.79. The fourth-order valence-corrected chi connectivity index (χ4v) is 1.51. The number of aromatic nitrogens is 1. The van der Waals surface area contributed by atoms with Crippen LogP contribution in [0, 0.1) is 12.7 Å². The van der Waals surface area contributed by atoms with Crippen molar-refractivity contribution in [1.82, 2.24) is 4.98 Å². The molecule has 16 heavy (non-hydrogen) atoms. The van der Waals surface area contributed by atoms with Gasteiger partial charge < -0.3 is 5.11 Å². The van der Waals surface area contributed by atoms with Crippen LogP contribution in [0.2, 0.25) is 0 Å². The second-order valence-corrected chi connectivity index (χ2v) is 3.69. The highest BCUT2D eigenvalue weighted by Gasteiger charge is 2.06. The number of hydrogen-bond donors (Lipinski definition) is 1. The molecule has 0 spiro atoms. The standard InChI is InChI=1S/C13H12FNO/c1-9-2-4-11(12(14)6-9)13-5-3-10(8-16)7-15-13/h2-7,16H,8H2,1H3. The molecule has 0 amide bonds. The highest BCUT2D eigenvalue weighted by atomic mass is 19.1. The minimum Gasteiger partial charge on any atom is -0.392 e. The van der Waals surface area contributed by atoms with Gasteiger partial charge >= 0.3 is 0 Å². The van der Waals surface area contributed by atoms with E-state index in [1.165, 1.54) is 6.07 Å². The van der Waals surface area contributed by atoms with Gasteiger partial charge in [-0.15, -0.1) is 0 Å². The first-order chi connectivity index (χ1) is 7.70.